The Bertz CT molecular complexity index is 900. The van der Waals surface area contributed by atoms with Crippen molar-refractivity contribution >= 4 is 21.4 Å². The molecule has 0 radical (unpaired) electrons. The minimum absolute atomic E-state index is 0.0449. The topological polar surface area (TPSA) is 63.2 Å². The van der Waals surface area contributed by atoms with Crippen LogP contribution in [0.2, 0.25) is 0 Å². The third kappa shape index (κ3) is 5.41. The number of anilines is 1. The molecular formula is C22H25NO3S. The number of para-hydroxylation sites is 1. The molecule has 1 N–H and O–H groups in total. The summed E-state index contributed by atoms with van der Waals surface area (Å²) in [5.74, 6) is -0.486. The van der Waals surface area contributed by atoms with Gasteiger partial charge in [-0.1, -0.05) is 48.6 Å². The van der Waals surface area contributed by atoms with Crippen molar-refractivity contribution in [2.45, 2.75) is 36.3 Å². The zero-order valence-electron chi connectivity index (χ0n) is 15.5. The molecule has 1 atom stereocenters. The first-order chi connectivity index (χ1) is 12.9. The molecule has 0 aliphatic rings. The number of benzene rings is 2. The minimum atomic E-state index is -3.73. The molecule has 0 saturated carbocycles. The zero-order valence-corrected chi connectivity index (χ0v) is 16.3. The number of sulfone groups is 1. The zero-order chi connectivity index (χ0) is 19.9. The molecule has 0 heterocycles. The van der Waals surface area contributed by atoms with Crippen LogP contribution in [0.15, 0.2) is 84.3 Å². The lowest BCUT2D eigenvalue weighted by Gasteiger charge is -2.20. The van der Waals surface area contributed by atoms with Crippen molar-refractivity contribution < 1.29 is 13.2 Å². The summed E-state index contributed by atoms with van der Waals surface area (Å²) in [5.41, 5.74) is 1.61. The van der Waals surface area contributed by atoms with E-state index in [-0.39, 0.29) is 10.5 Å². The average molecular weight is 384 g/mol. The van der Waals surface area contributed by atoms with Crippen LogP contribution in [0.3, 0.4) is 0 Å². The predicted octanol–water partition coefficient (Wildman–Crippen LogP) is 4.69. The Kier molecular flexibility index (Phi) is 7.13. The molecule has 0 saturated heterocycles. The number of carbonyl (C=O) groups excluding carboxylic acids is 1. The minimum Gasteiger partial charge on any atom is -0.322 e. The Morgan fingerprint density at radius 1 is 1.11 bits per heavy atom. The maximum absolute atomic E-state index is 13.2. The van der Waals surface area contributed by atoms with Crippen molar-refractivity contribution in [1.29, 1.82) is 0 Å². The third-order valence-electron chi connectivity index (χ3n) is 4.31. The van der Waals surface area contributed by atoms with E-state index in [9.17, 15) is 13.2 Å². The molecule has 5 heteroatoms. The normalized spacial score (nSPS) is 12.2. The van der Waals surface area contributed by atoms with Crippen LogP contribution < -0.4 is 5.32 Å². The van der Waals surface area contributed by atoms with Gasteiger partial charge in [-0.05, 0) is 50.5 Å². The molecular weight excluding hydrogens is 358 g/mol. The van der Waals surface area contributed by atoms with Gasteiger partial charge < -0.3 is 5.32 Å². The average Bonchev–Trinajstić information content (AvgIpc) is 2.65. The van der Waals surface area contributed by atoms with Crippen LogP contribution in [0.25, 0.3) is 0 Å². The van der Waals surface area contributed by atoms with Gasteiger partial charge >= 0.3 is 0 Å². The standard InChI is InChI=1S/C22H25NO3S/c1-4-5-7-12-21(27(25,26)20-15-13-17(2)14-16-20)18(3)22(24)23-19-10-8-6-9-11-19/h4,6,8-11,13-16,21H,1,3,5,7,12H2,2H3,(H,23,24). The van der Waals surface area contributed by atoms with Gasteiger partial charge in [-0.3, -0.25) is 4.79 Å². The van der Waals surface area contributed by atoms with Crippen molar-refractivity contribution in [2.24, 2.45) is 0 Å². The van der Waals surface area contributed by atoms with Crippen LogP contribution in [-0.4, -0.2) is 19.6 Å². The van der Waals surface area contributed by atoms with Gasteiger partial charge in [-0.2, -0.15) is 0 Å². The van der Waals surface area contributed by atoms with Crippen LogP contribution in [0.1, 0.15) is 24.8 Å². The molecule has 1 amide bonds. The van der Waals surface area contributed by atoms with E-state index in [1.807, 2.05) is 13.0 Å². The van der Waals surface area contributed by atoms with Gasteiger partial charge in [0.2, 0.25) is 0 Å². The lowest BCUT2D eigenvalue weighted by Crippen LogP contribution is -2.30. The van der Waals surface area contributed by atoms with E-state index in [0.717, 1.165) is 5.56 Å². The van der Waals surface area contributed by atoms with E-state index in [1.165, 1.54) is 0 Å². The smallest absolute Gasteiger partial charge is 0.252 e. The highest BCUT2D eigenvalue weighted by atomic mass is 32.2. The number of amides is 1. The summed E-state index contributed by atoms with van der Waals surface area (Å²) >= 11 is 0. The second-order valence-corrected chi connectivity index (χ2v) is 8.54. The fraction of sp³-hybridized carbons (Fsp3) is 0.227. The Balaban J connectivity index is 2.29. The van der Waals surface area contributed by atoms with Gasteiger partial charge in [0.05, 0.1) is 10.1 Å². The van der Waals surface area contributed by atoms with Crippen LogP contribution in [0, 0.1) is 6.92 Å². The summed E-state index contributed by atoms with van der Waals surface area (Å²) < 4.78 is 26.3. The van der Waals surface area contributed by atoms with Crippen LogP contribution in [0.5, 0.6) is 0 Å². The molecule has 2 aromatic rings. The molecule has 2 rings (SSSR count). The lowest BCUT2D eigenvalue weighted by atomic mass is 10.1. The van der Waals surface area contributed by atoms with E-state index in [1.54, 1.807) is 54.6 Å². The highest BCUT2D eigenvalue weighted by molar-refractivity contribution is 7.92. The molecule has 0 aromatic heterocycles. The van der Waals surface area contributed by atoms with Crippen molar-refractivity contribution in [1.82, 2.24) is 0 Å². The largest absolute Gasteiger partial charge is 0.322 e. The molecule has 4 nitrogen and oxygen atoms in total. The molecule has 142 valence electrons. The van der Waals surface area contributed by atoms with Gasteiger partial charge in [0.1, 0.15) is 0 Å². The molecule has 1 unspecified atom stereocenters. The number of unbranched alkanes of at least 4 members (excludes halogenated alkanes) is 1. The summed E-state index contributed by atoms with van der Waals surface area (Å²) in [4.78, 5) is 12.8. The Morgan fingerprint density at radius 2 is 1.74 bits per heavy atom. The van der Waals surface area contributed by atoms with Gasteiger partial charge in [-0.15, -0.1) is 6.58 Å². The fourth-order valence-electron chi connectivity index (χ4n) is 2.74. The van der Waals surface area contributed by atoms with Gasteiger partial charge in [0.25, 0.3) is 5.91 Å². The first kappa shape index (κ1) is 20.6. The van der Waals surface area contributed by atoms with Crippen LogP contribution in [-0.2, 0) is 14.6 Å². The van der Waals surface area contributed by atoms with E-state index >= 15 is 0 Å². The van der Waals surface area contributed by atoms with E-state index in [0.29, 0.717) is 24.9 Å². The van der Waals surface area contributed by atoms with Crippen LogP contribution >= 0.6 is 0 Å². The van der Waals surface area contributed by atoms with Gasteiger partial charge in [0.15, 0.2) is 9.84 Å². The number of rotatable bonds is 9. The number of aryl methyl sites for hydroxylation is 1. The number of hydrogen-bond acceptors (Lipinski definition) is 3. The number of allylic oxidation sites excluding steroid dienone is 1. The SMILES string of the molecule is C=CCCCC(C(=C)C(=O)Nc1ccccc1)S(=O)(=O)c1ccc(C)cc1. The third-order valence-corrected chi connectivity index (χ3v) is 6.51. The van der Waals surface area contributed by atoms with E-state index < -0.39 is 21.0 Å². The first-order valence-electron chi connectivity index (χ1n) is 8.83. The van der Waals surface area contributed by atoms with Gasteiger partial charge in [-0.25, -0.2) is 8.42 Å². The number of nitrogens with one attached hydrogen (secondary N) is 1. The molecule has 0 spiro atoms. The fourth-order valence-corrected chi connectivity index (χ4v) is 4.54. The second-order valence-electron chi connectivity index (χ2n) is 6.41. The predicted molar refractivity (Wildman–Crippen MR) is 110 cm³/mol. The highest BCUT2D eigenvalue weighted by Crippen LogP contribution is 2.26. The highest BCUT2D eigenvalue weighted by Gasteiger charge is 2.32. The number of carbonyl (C=O) groups is 1. The summed E-state index contributed by atoms with van der Waals surface area (Å²) in [6.45, 7) is 9.39. The van der Waals surface area contributed by atoms with Crippen molar-refractivity contribution in [2.75, 3.05) is 5.32 Å². The van der Waals surface area contributed by atoms with E-state index in [4.69, 9.17) is 0 Å². The summed E-state index contributed by atoms with van der Waals surface area (Å²) in [6, 6.07) is 15.6. The molecule has 0 aliphatic carbocycles. The molecule has 27 heavy (non-hydrogen) atoms. The Hall–Kier alpha value is -2.66. The quantitative estimate of drug-likeness (QED) is 0.388. The van der Waals surface area contributed by atoms with Crippen molar-refractivity contribution in [3.05, 3.63) is 85.0 Å². The first-order valence-corrected chi connectivity index (χ1v) is 10.4. The monoisotopic (exact) mass is 383 g/mol. The Labute approximate surface area is 161 Å². The molecule has 0 fully saturated rings. The Morgan fingerprint density at radius 3 is 2.33 bits per heavy atom. The lowest BCUT2D eigenvalue weighted by molar-refractivity contribution is -0.112. The summed E-state index contributed by atoms with van der Waals surface area (Å²) in [5, 5.41) is 1.74. The van der Waals surface area contributed by atoms with Crippen LogP contribution in [0.4, 0.5) is 5.69 Å². The molecule has 0 bridgehead atoms. The molecule has 0 aliphatic heterocycles. The maximum atomic E-state index is 13.2. The van der Waals surface area contributed by atoms with Crippen molar-refractivity contribution in [3.8, 4) is 0 Å². The van der Waals surface area contributed by atoms with E-state index in [2.05, 4.69) is 18.5 Å². The second kappa shape index (κ2) is 9.33. The summed E-state index contributed by atoms with van der Waals surface area (Å²) in [6.07, 6.45) is 3.33. The van der Waals surface area contributed by atoms with Crippen molar-refractivity contribution in [3.63, 3.8) is 0 Å². The summed E-state index contributed by atoms with van der Waals surface area (Å²) in [7, 11) is -3.73. The number of hydrogen-bond donors (Lipinski definition) is 1. The maximum Gasteiger partial charge on any atom is 0.252 e. The molecule has 2 aromatic carbocycles. The van der Waals surface area contributed by atoms with Gasteiger partial charge in [0, 0.05) is 11.3 Å².